The van der Waals surface area contributed by atoms with E-state index < -0.39 is 0 Å². The highest BCUT2D eigenvalue weighted by Gasteiger charge is 2.47. The van der Waals surface area contributed by atoms with Crippen LogP contribution < -0.4 is 15.0 Å². The van der Waals surface area contributed by atoms with Crippen molar-refractivity contribution in [3.63, 3.8) is 0 Å². The first-order valence-corrected chi connectivity index (χ1v) is 7.61. The van der Waals surface area contributed by atoms with Gasteiger partial charge in [-0.2, -0.15) is 0 Å². The summed E-state index contributed by atoms with van der Waals surface area (Å²) in [5.74, 6) is 1.06. The summed E-state index contributed by atoms with van der Waals surface area (Å²) in [4.78, 5) is 2.67. The van der Waals surface area contributed by atoms with Gasteiger partial charge in [0.15, 0.2) is 0 Å². The molecule has 3 nitrogen and oxygen atoms in total. The van der Waals surface area contributed by atoms with Gasteiger partial charge in [0.25, 0.3) is 0 Å². The summed E-state index contributed by atoms with van der Waals surface area (Å²) in [7, 11) is 0. The molecule has 0 aliphatic carbocycles. The monoisotopic (exact) mass is 258 g/mol. The second-order valence-electron chi connectivity index (χ2n) is 6.12. The molecule has 3 heteroatoms. The van der Waals surface area contributed by atoms with Crippen molar-refractivity contribution in [2.24, 2.45) is 0 Å². The lowest BCUT2D eigenvalue weighted by Crippen LogP contribution is -2.67. The van der Waals surface area contributed by atoms with Gasteiger partial charge in [0.05, 0.1) is 12.3 Å². The van der Waals surface area contributed by atoms with Gasteiger partial charge in [-0.1, -0.05) is 12.1 Å². The molecule has 102 valence electrons. The van der Waals surface area contributed by atoms with Crippen LogP contribution in [0.25, 0.3) is 0 Å². The van der Waals surface area contributed by atoms with Crippen LogP contribution in [-0.4, -0.2) is 30.8 Å². The molecule has 4 aliphatic rings. The van der Waals surface area contributed by atoms with E-state index in [0.29, 0.717) is 12.1 Å². The maximum absolute atomic E-state index is 5.84. The minimum Gasteiger partial charge on any atom is -0.492 e. The summed E-state index contributed by atoms with van der Waals surface area (Å²) in [6.07, 6.45) is 5.20. The SMILES string of the molecule is CCOc1ccccc1N1C2CC3CC1CC(C2)N3. The van der Waals surface area contributed by atoms with Crippen LogP contribution in [0.5, 0.6) is 5.75 Å². The predicted octanol–water partition coefficient (Wildman–Crippen LogP) is 2.56. The second-order valence-corrected chi connectivity index (χ2v) is 6.12. The van der Waals surface area contributed by atoms with Crippen LogP contribution in [0.3, 0.4) is 0 Å². The van der Waals surface area contributed by atoms with Crippen molar-refractivity contribution in [3.8, 4) is 5.75 Å². The molecule has 0 atom stereocenters. The van der Waals surface area contributed by atoms with Gasteiger partial charge >= 0.3 is 0 Å². The van der Waals surface area contributed by atoms with Crippen molar-refractivity contribution in [1.82, 2.24) is 5.32 Å². The molecule has 0 spiro atoms. The first kappa shape index (κ1) is 11.6. The molecule has 0 aromatic heterocycles. The van der Waals surface area contributed by atoms with E-state index >= 15 is 0 Å². The first-order chi connectivity index (χ1) is 9.35. The third-order valence-corrected chi connectivity index (χ3v) is 4.93. The molecule has 1 N–H and O–H groups in total. The zero-order valence-corrected chi connectivity index (χ0v) is 11.5. The summed E-state index contributed by atoms with van der Waals surface area (Å²) in [5.41, 5.74) is 1.32. The highest BCUT2D eigenvalue weighted by molar-refractivity contribution is 5.61. The Labute approximate surface area is 114 Å². The van der Waals surface area contributed by atoms with E-state index in [4.69, 9.17) is 4.74 Å². The summed E-state index contributed by atoms with van der Waals surface area (Å²) in [6, 6.07) is 11.5. The summed E-state index contributed by atoms with van der Waals surface area (Å²) in [6.45, 7) is 2.81. The number of piperidine rings is 4. The standard InChI is InChI=1S/C16H22N2O/c1-2-19-16-6-4-3-5-15(16)18-13-7-11-8-14(18)10-12(9-13)17-11/h3-6,11-14,17H,2,7-10H2,1H3. The van der Waals surface area contributed by atoms with E-state index in [0.717, 1.165) is 24.4 Å². The quantitative estimate of drug-likeness (QED) is 0.902. The number of nitrogens with one attached hydrogen (secondary N) is 1. The molecule has 0 amide bonds. The fourth-order valence-corrected chi connectivity index (χ4v) is 4.40. The van der Waals surface area contributed by atoms with E-state index in [9.17, 15) is 0 Å². The molecule has 0 radical (unpaired) electrons. The number of hydrogen-bond donors (Lipinski definition) is 1. The van der Waals surface area contributed by atoms with Gasteiger partial charge in [-0.05, 0) is 44.7 Å². The highest BCUT2D eigenvalue weighted by atomic mass is 16.5. The van der Waals surface area contributed by atoms with Crippen LogP contribution in [0.2, 0.25) is 0 Å². The molecule has 0 unspecified atom stereocenters. The molecular weight excluding hydrogens is 236 g/mol. The lowest BCUT2D eigenvalue weighted by Gasteiger charge is -2.58. The van der Waals surface area contributed by atoms with Crippen molar-refractivity contribution >= 4 is 5.69 Å². The van der Waals surface area contributed by atoms with Gasteiger partial charge in [0.2, 0.25) is 0 Å². The lowest BCUT2D eigenvalue weighted by atomic mass is 9.74. The Kier molecular flexibility index (Phi) is 2.69. The van der Waals surface area contributed by atoms with Gasteiger partial charge in [-0.25, -0.2) is 0 Å². The van der Waals surface area contributed by atoms with E-state index in [1.54, 1.807) is 0 Å². The van der Waals surface area contributed by atoms with Crippen LogP contribution >= 0.6 is 0 Å². The third kappa shape index (κ3) is 1.83. The Morgan fingerprint density at radius 3 is 2.37 bits per heavy atom. The van der Waals surface area contributed by atoms with Gasteiger partial charge in [0, 0.05) is 24.2 Å². The second kappa shape index (κ2) is 4.41. The number of ether oxygens (including phenoxy) is 1. The zero-order valence-electron chi connectivity index (χ0n) is 11.5. The number of rotatable bonds is 3. The Morgan fingerprint density at radius 1 is 1.11 bits per heavy atom. The molecule has 4 saturated heterocycles. The fraction of sp³-hybridized carbons (Fsp3) is 0.625. The molecule has 1 aromatic carbocycles. The smallest absolute Gasteiger partial charge is 0.142 e. The van der Waals surface area contributed by atoms with Crippen molar-refractivity contribution in [1.29, 1.82) is 0 Å². The van der Waals surface area contributed by atoms with Crippen LogP contribution in [0.4, 0.5) is 5.69 Å². The predicted molar refractivity (Wildman–Crippen MR) is 76.8 cm³/mol. The Hall–Kier alpha value is -1.22. The maximum Gasteiger partial charge on any atom is 0.142 e. The number of anilines is 1. The van der Waals surface area contributed by atoms with Crippen molar-refractivity contribution < 1.29 is 4.74 Å². The average Bonchev–Trinajstić information content (AvgIpc) is 2.39. The normalized spacial score (nSPS) is 35.7. The van der Waals surface area contributed by atoms with E-state index in [-0.39, 0.29) is 0 Å². The summed E-state index contributed by atoms with van der Waals surface area (Å²) < 4.78 is 5.84. The average molecular weight is 258 g/mol. The van der Waals surface area contributed by atoms with E-state index in [1.807, 2.05) is 0 Å². The van der Waals surface area contributed by atoms with Crippen LogP contribution in [0.15, 0.2) is 24.3 Å². The molecule has 4 bridgehead atoms. The van der Waals surface area contributed by atoms with Crippen molar-refractivity contribution in [3.05, 3.63) is 24.3 Å². The molecule has 1 aromatic rings. The van der Waals surface area contributed by atoms with Crippen LogP contribution in [-0.2, 0) is 0 Å². The summed E-state index contributed by atoms with van der Waals surface area (Å²) >= 11 is 0. The number of para-hydroxylation sites is 2. The van der Waals surface area contributed by atoms with E-state index in [1.165, 1.54) is 31.4 Å². The van der Waals surface area contributed by atoms with Gasteiger partial charge < -0.3 is 15.0 Å². The van der Waals surface area contributed by atoms with Crippen molar-refractivity contribution in [2.45, 2.75) is 56.8 Å². The molecule has 0 saturated carbocycles. The van der Waals surface area contributed by atoms with Gasteiger partial charge in [-0.15, -0.1) is 0 Å². The molecular formula is C16H22N2O. The number of hydrogen-bond acceptors (Lipinski definition) is 3. The number of nitrogens with zero attached hydrogens (tertiary/aromatic N) is 1. The lowest BCUT2D eigenvalue weighted by molar-refractivity contribution is 0.134. The maximum atomic E-state index is 5.84. The largest absolute Gasteiger partial charge is 0.492 e. The highest BCUT2D eigenvalue weighted by Crippen LogP contribution is 2.44. The zero-order chi connectivity index (χ0) is 12.8. The van der Waals surface area contributed by atoms with Gasteiger partial charge in [-0.3, -0.25) is 0 Å². The third-order valence-electron chi connectivity index (χ3n) is 4.93. The van der Waals surface area contributed by atoms with Crippen LogP contribution in [0.1, 0.15) is 32.6 Å². The Morgan fingerprint density at radius 2 is 1.74 bits per heavy atom. The summed E-state index contributed by atoms with van der Waals surface area (Å²) in [5, 5.41) is 3.77. The molecule has 5 rings (SSSR count). The van der Waals surface area contributed by atoms with E-state index in [2.05, 4.69) is 41.4 Å². The number of benzene rings is 1. The fourth-order valence-electron chi connectivity index (χ4n) is 4.40. The molecule has 4 heterocycles. The first-order valence-electron chi connectivity index (χ1n) is 7.61. The van der Waals surface area contributed by atoms with Crippen LogP contribution in [0, 0.1) is 0 Å². The molecule has 4 fully saturated rings. The Bertz CT molecular complexity index is 446. The molecule has 4 aliphatic heterocycles. The molecule has 19 heavy (non-hydrogen) atoms. The minimum absolute atomic E-state index is 0.713. The Balaban J connectivity index is 1.69. The van der Waals surface area contributed by atoms with Gasteiger partial charge in [0.1, 0.15) is 5.75 Å². The van der Waals surface area contributed by atoms with Crippen molar-refractivity contribution in [2.75, 3.05) is 11.5 Å². The topological polar surface area (TPSA) is 24.5 Å². The minimum atomic E-state index is 0.713.